The van der Waals surface area contributed by atoms with E-state index in [4.69, 9.17) is 32.9 Å². The summed E-state index contributed by atoms with van der Waals surface area (Å²) >= 11 is 12.8. The van der Waals surface area contributed by atoms with E-state index >= 15 is 0 Å². The molecule has 6 heteroatoms. The number of esters is 1. The van der Waals surface area contributed by atoms with Gasteiger partial charge in [0.25, 0.3) is 0 Å². The van der Waals surface area contributed by atoms with Crippen molar-refractivity contribution in [2.45, 2.75) is 59.3 Å². The van der Waals surface area contributed by atoms with Crippen LogP contribution in [0.25, 0.3) is 0 Å². The minimum atomic E-state index is -0.688. The van der Waals surface area contributed by atoms with Crippen molar-refractivity contribution < 1.29 is 14.3 Å². The number of benzene rings is 1. The zero-order chi connectivity index (χ0) is 21.3. The standard InChI is InChI=1S/C23H27Cl2NO3/c1-5-6-10-29-22(28)18-13(2)26-16-11-23(3,4)12-17(27)20(16)19(18)14-8-7-9-15(24)21(14)25/h7-9,18-19H,5-6,10-12H2,1-4H3/t18?,19-/m0/s1. The van der Waals surface area contributed by atoms with Crippen LogP contribution in [-0.4, -0.2) is 24.1 Å². The van der Waals surface area contributed by atoms with Crippen LogP contribution in [0.3, 0.4) is 0 Å². The molecule has 0 radical (unpaired) electrons. The lowest BCUT2D eigenvalue weighted by molar-refractivity contribution is -0.146. The Bertz CT molecular complexity index is 901. The van der Waals surface area contributed by atoms with Gasteiger partial charge in [0.1, 0.15) is 5.92 Å². The third-order valence-corrected chi connectivity index (χ3v) is 6.45. The lowest BCUT2D eigenvalue weighted by atomic mass is 9.67. The van der Waals surface area contributed by atoms with Gasteiger partial charge in [-0.15, -0.1) is 0 Å². The number of Topliss-reactive ketones (excluding diaryl/α,β-unsaturated/α-hetero) is 1. The molecule has 0 fully saturated rings. The normalized spacial score (nSPS) is 23.5. The Hall–Kier alpha value is -1.65. The van der Waals surface area contributed by atoms with E-state index in [1.807, 2.05) is 19.9 Å². The SMILES string of the molecule is CCCCOC(=O)C1C(C)=NC2=C(C(=O)CC(C)(C)C2)[C@H]1c1cccc(Cl)c1Cl. The minimum Gasteiger partial charge on any atom is -0.465 e. The van der Waals surface area contributed by atoms with E-state index in [0.717, 1.165) is 18.5 Å². The molecule has 2 aliphatic rings. The van der Waals surface area contributed by atoms with Crippen molar-refractivity contribution in [3.63, 3.8) is 0 Å². The first kappa shape index (κ1) is 22.0. The van der Waals surface area contributed by atoms with E-state index in [-0.39, 0.29) is 17.2 Å². The van der Waals surface area contributed by atoms with Gasteiger partial charge in [0, 0.05) is 29.3 Å². The number of carbonyl (C=O) groups is 2. The van der Waals surface area contributed by atoms with E-state index in [2.05, 4.69) is 13.8 Å². The molecule has 1 aliphatic heterocycles. The number of unbranched alkanes of at least 4 members (excludes halogenated alkanes) is 1. The summed E-state index contributed by atoms with van der Waals surface area (Å²) < 4.78 is 5.54. The average molecular weight is 436 g/mol. The van der Waals surface area contributed by atoms with Gasteiger partial charge in [-0.25, -0.2) is 0 Å². The predicted octanol–water partition coefficient (Wildman–Crippen LogP) is 6.15. The van der Waals surface area contributed by atoms with Crippen molar-refractivity contribution in [1.29, 1.82) is 0 Å². The summed E-state index contributed by atoms with van der Waals surface area (Å²) in [6.45, 7) is 8.34. The maximum Gasteiger partial charge on any atom is 0.315 e. The Balaban J connectivity index is 2.13. The van der Waals surface area contributed by atoms with E-state index in [1.165, 1.54) is 0 Å². The Morgan fingerprint density at radius 3 is 2.69 bits per heavy atom. The summed E-state index contributed by atoms with van der Waals surface area (Å²) in [4.78, 5) is 31.0. The molecule has 156 valence electrons. The molecular weight excluding hydrogens is 409 g/mol. The smallest absolute Gasteiger partial charge is 0.315 e. The highest BCUT2D eigenvalue weighted by Crippen LogP contribution is 2.49. The van der Waals surface area contributed by atoms with Crippen LogP contribution < -0.4 is 0 Å². The average Bonchev–Trinajstić information content (AvgIpc) is 2.62. The van der Waals surface area contributed by atoms with Gasteiger partial charge < -0.3 is 4.74 Å². The van der Waals surface area contributed by atoms with Crippen molar-refractivity contribution in [3.8, 4) is 0 Å². The number of rotatable bonds is 5. The molecule has 0 saturated carbocycles. The van der Waals surface area contributed by atoms with Gasteiger partial charge in [0.2, 0.25) is 0 Å². The number of hydrogen-bond acceptors (Lipinski definition) is 4. The summed E-state index contributed by atoms with van der Waals surface area (Å²) in [5.74, 6) is -1.58. The third kappa shape index (κ3) is 4.44. The fourth-order valence-electron chi connectivity index (χ4n) is 4.25. The second-order valence-corrected chi connectivity index (χ2v) is 9.46. The molecule has 0 aromatic heterocycles. The van der Waals surface area contributed by atoms with E-state index in [0.29, 0.717) is 46.3 Å². The third-order valence-electron chi connectivity index (χ3n) is 5.61. The second kappa shape index (κ2) is 8.61. The molecule has 0 saturated heterocycles. The quantitative estimate of drug-likeness (QED) is 0.411. The van der Waals surface area contributed by atoms with Crippen LogP contribution >= 0.6 is 23.2 Å². The van der Waals surface area contributed by atoms with E-state index in [1.54, 1.807) is 12.1 Å². The summed E-state index contributed by atoms with van der Waals surface area (Å²) in [6, 6.07) is 5.33. The molecule has 1 unspecified atom stereocenters. The number of ether oxygens (including phenoxy) is 1. The number of halogens is 2. The second-order valence-electron chi connectivity index (χ2n) is 8.67. The molecule has 29 heavy (non-hydrogen) atoms. The molecule has 1 aromatic carbocycles. The van der Waals surface area contributed by atoms with Crippen molar-refractivity contribution in [2.24, 2.45) is 16.3 Å². The van der Waals surface area contributed by atoms with Gasteiger partial charge in [0.05, 0.1) is 16.7 Å². The first-order valence-corrected chi connectivity index (χ1v) is 10.8. The van der Waals surface area contributed by atoms with Crippen molar-refractivity contribution in [2.75, 3.05) is 6.61 Å². The maximum atomic E-state index is 13.2. The molecule has 0 spiro atoms. The molecule has 1 aromatic rings. The Morgan fingerprint density at radius 2 is 2.00 bits per heavy atom. The van der Waals surface area contributed by atoms with Gasteiger partial charge in [0.15, 0.2) is 5.78 Å². The fourth-order valence-corrected chi connectivity index (χ4v) is 4.68. The van der Waals surface area contributed by atoms with Crippen LogP contribution in [0, 0.1) is 11.3 Å². The molecule has 4 nitrogen and oxygen atoms in total. The minimum absolute atomic E-state index is 0.0138. The van der Waals surface area contributed by atoms with Gasteiger partial charge in [-0.3, -0.25) is 14.6 Å². The maximum absolute atomic E-state index is 13.2. The number of nitrogens with zero attached hydrogens (tertiary/aromatic N) is 1. The van der Waals surface area contributed by atoms with Crippen LogP contribution in [0.1, 0.15) is 64.9 Å². The fraction of sp³-hybridized carbons (Fsp3) is 0.522. The first-order valence-electron chi connectivity index (χ1n) is 10.1. The Labute approximate surface area is 182 Å². The molecule has 1 aliphatic carbocycles. The number of carbonyl (C=O) groups excluding carboxylic acids is 2. The molecule has 0 amide bonds. The van der Waals surface area contributed by atoms with Crippen molar-refractivity contribution >= 4 is 40.7 Å². The van der Waals surface area contributed by atoms with Crippen LogP contribution in [0.5, 0.6) is 0 Å². The van der Waals surface area contributed by atoms with Gasteiger partial charge >= 0.3 is 5.97 Å². The molecule has 0 N–H and O–H groups in total. The molecule has 3 rings (SSSR count). The summed E-state index contributed by atoms with van der Waals surface area (Å²) in [7, 11) is 0. The van der Waals surface area contributed by atoms with Crippen molar-refractivity contribution in [3.05, 3.63) is 45.1 Å². The zero-order valence-corrected chi connectivity index (χ0v) is 18.9. The van der Waals surface area contributed by atoms with Crippen LogP contribution in [-0.2, 0) is 14.3 Å². The van der Waals surface area contributed by atoms with Gasteiger partial charge in [-0.1, -0.05) is 62.5 Å². The lowest BCUT2D eigenvalue weighted by Crippen LogP contribution is -2.39. The Kier molecular flexibility index (Phi) is 6.54. The first-order chi connectivity index (χ1) is 13.7. The highest BCUT2D eigenvalue weighted by Gasteiger charge is 2.46. The molecule has 2 atom stereocenters. The summed E-state index contributed by atoms with van der Waals surface area (Å²) in [5.41, 5.74) is 2.48. The van der Waals surface area contributed by atoms with E-state index in [9.17, 15) is 9.59 Å². The molecular formula is C23H27Cl2NO3. The van der Waals surface area contributed by atoms with Crippen LogP contribution in [0.15, 0.2) is 34.5 Å². The molecule has 1 heterocycles. The predicted molar refractivity (Wildman–Crippen MR) is 117 cm³/mol. The monoisotopic (exact) mass is 435 g/mol. The number of ketones is 1. The van der Waals surface area contributed by atoms with E-state index < -0.39 is 11.8 Å². The summed E-state index contributed by atoms with van der Waals surface area (Å²) in [5, 5.41) is 0.762. The zero-order valence-electron chi connectivity index (χ0n) is 17.4. The van der Waals surface area contributed by atoms with Crippen LogP contribution in [0.2, 0.25) is 10.0 Å². The van der Waals surface area contributed by atoms with Crippen LogP contribution in [0.4, 0.5) is 0 Å². The lowest BCUT2D eigenvalue weighted by Gasteiger charge is -2.39. The molecule has 0 bridgehead atoms. The Morgan fingerprint density at radius 1 is 1.28 bits per heavy atom. The highest BCUT2D eigenvalue weighted by atomic mass is 35.5. The number of aliphatic imine (C=N–C) groups is 1. The topological polar surface area (TPSA) is 55.7 Å². The number of hydrogen-bond donors (Lipinski definition) is 0. The highest BCUT2D eigenvalue weighted by molar-refractivity contribution is 6.42. The van der Waals surface area contributed by atoms with Gasteiger partial charge in [-0.2, -0.15) is 0 Å². The summed E-state index contributed by atoms with van der Waals surface area (Å²) in [6.07, 6.45) is 2.81. The van der Waals surface area contributed by atoms with Gasteiger partial charge in [-0.05, 0) is 36.8 Å². The van der Waals surface area contributed by atoms with Crippen molar-refractivity contribution in [1.82, 2.24) is 0 Å². The number of allylic oxidation sites excluding steroid dienone is 2. The largest absolute Gasteiger partial charge is 0.465 e.